The number of ether oxygens (including phenoxy) is 1. The third-order valence-corrected chi connectivity index (χ3v) is 5.53. The van der Waals surface area contributed by atoms with E-state index >= 15 is 0 Å². The Morgan fingerprint density at radius 2 is 1.85 bits per heavy atom. The van der Waals surface area contributed by atoms with Gasteiger partial charge in [0.05, 0.1) is 12.5 Å². The first-order chi connectivity index (χ1) is 12.9. The molecule has 2 aliphatic heterocycles. The van der Waals surface area contributed by atoms with Crippen LogP contribution in [0.5, 0.6) is 0 Å². The van der Waals surface area contributed by atoms with Crippen molar-refractivity contribution >= 4 is 35.2 Å². The van der Waals surface area contributed by atoms with Gasteiger partial charge in [0.1, 0.15) is 0 Å². The predicted octanol–water partition coefficient (Wildman–Crippen LogP) is 2.30. The molecule has 1 unspecified atom stereocenters. The number of halogens is 1. The summed E-state index contributed by atoms with van der Waals surface area (Å²) in [7, 11) is 0. The lowest BCUT2D eigenvalue weighted by atomic mass is 10.1. The molecule has 2 heterocycles. The van der Waals surface area contributed by atoms with Crippen molar-refractivity contribution in [3.8, 4) is 0 Å². The minimum absolute atomic E-state index is 0.0333. The van der Waals surface area contributed by atoms with Crippen molar-refractivity contribution in [2.45, 2.75) is 20.3 Å². The van der Waals surface area contributed by atoms with Crippen LogP contribution in [0, 0.1) is 12.8 Å². The lowest BCUT2D eigenvalue weighted by Gasteiger charge is -2.35. The molecule has 0 aromatic heterocycles. The average Bonchev–Trinajstić information content (AvgIpc) is 3.05. The van der Waals surface area contributed by atoms with Gasteiger partial charge in [-0.1, -0.05) is 17.7 Å². The largest absolute Gasteiger partial charge is 0.450 e. The number of anilines is 1. The van der Waals surface area contributed by atoms with Gasteiger partial charge in [-0.05, 0) is 31.5 Å². The van der Waals surface area contributed by atoms with E-state index in [1.807, 2.05) is 19.1 Å². The van der Waals surface area contributed by atoms with E-state index < -0.39 is 0 Å². The zero-order valence-electron chi connectivity index (χ0n) is 15.6. The maximum Gasteiger partial charge on any atom is 0.409 e. The van der Waals surface area contributed by atoms with Crippen molar-refractivity contribution in [2.75, 3.05) is 44.2 Å². The molecule has 0 saturated carbocycles. The van der Waals surface area contributed by atoms with Crippen LogP contribution < -0.4 is 4.90 Å². The molecular weight excluding hydrogens is 370 g/mol. The summed E-state index contributed by atoms with van der Waals surface area (Å²) in [6, 6.07) is 5.44. The second kappa shape index (κ2) is 8.17. The number of nitrogens with zero attached hydrogens (tertiary/aromatic N) is 3. The van der Waals surface area contributed by atoms with Crippen molar-refractivity contribution < 1.29 is 19.1 Å². The number of piperazine rings is 1. The molecule has 1 aromatic carbocycles. The summed E-state index contributed by atoms with van der Waals surface area (Å²) in [6.07, 6.45) is -0.147. The van der Waals surface area contributed by atoms with E-state index in [4.69, 9.17) is 16.3 Å². The Labute approximate surface area is 163 Å². The molecule has 0 aliphatic carbocycles. The van der Waals surface area contributed by atoms with Crippen LogP contribution in [0.3, 0.4) is 0 Å². The molecule has 3 amide bonds. The summed E-state index contributed by atoms with van der Waals surface area (Å²) in [5, 5.41) is 0.602. The van der Waals surface area contributed by atoms with Gasteiger partial charge in [0.2, 0.25) is 11.8 Å². The molecule has 2 saturated heterocycles. The third kappa shape index (κ3) is 4.03. The second-order valence-corrected chi connectivity index (χ2v) is 7.21. The number of benzene rings is 1. The Morgan fingerprint density at radius 1 is 1.19 bits per heavy atom. The van der Waals surface area contributed by atoms with Gasteiger partial charge in [-0.15, -0.1) is 0 Å². The Morgan fingerprint density at radius 3 is 2.52 bits per heavy atom. The number of amides is 3. The zero-order chi connectivity index (χ0) is 19.6. The predicted molar refractivity (Wildman–Crippen MR) is 102 cm³/mol. The second-order valence-electron chi connectivity index (χ2n) is 6.80. The monoisotopic (exact) mass is 393 g/mol. The van der Waals surface area contributed by atoms with Gasteiger partial charge in [0.25, 0.3) is 0 Å². The van der Waals surface area contributed by atoms with Gasteiger partial charge in [0.15, 0.2) is 0 Å². The summed E-state index contributed by atoms with van der Waals surface area (Å²) in [5.41, 5.74) is 1.60. The number of carbonyl (C=O) groups excluding carboxylic acids is 3. The van der Waals surface area contributed by atoms with E-state index in [2.05, 4.69) is 0 Å². The fourth-order valence-corrected chi connectivity index (χ4v) is 3.75. The smallest absolute Gasteiger partial charge is 0.409 e. The molecule has 7 nitrogen and oxygen atoms in total. The average molecular weight is 394 g/mol. The lowest BCUT2D eigenvalue weighted by molar-refractivity contribution is -0.137. The highest BCUT2D eigenvalue weighted by molar-refractivity contribution is 6.31. The normalized spacial score (nSPS) is 20.2. The van der Waals surface area contributed by atoms with Crippen LogP contribution in [0.25, 0.3) is 0 Å². The Hall–Kier alpha value is -2.28. The van der Waals surface area contributed by atoms with Crippen molar-refractivity contribution in [3.05, 3.63) is 28.8 Å². The van der Waals surface area contributed by atoms with E-state index in [1.54, 1.807) is 27.7 Å². The quantitative estimate of drug-likeness (QED) is 0.790. The number of hydrogen-bond donors (Lipinski definition) is 0. The highest BCUT2D eigenvalue weighted by atomic mass is 35.5. The van der Waals surface area contributed by atoms with Crippen LogP contribution in [-0.4, -0.2) is 67.0 Å². The molecule has 3 rings (SSSR count). The van der Waals surface area contributed by atoms with Crippen molar-refractivity contribution in [1.29, 1.82) is 0 Å². The molecule has 0 radical (unpaired) electrons. The maximum absolute atomic E-state index is 12.9. The van der Waals surface area contributed by atoms with Gasteiger partial charge in [-0.25, -0.2) is 4.79 Å². The third-order valence-electron chi connectivity index (χ3n) is 5.12. The van der Waals surface area contributed by atoms with E-state index in [-0.39, 0.29) is 30.2 Å². The van der Waals surface area contributed by atoms with Crippen molar-refractivity contribution in [2.24, 2.45) is 5.92 Å². The highest BCUT2D eigenvalue weighted by Gasteiger charge is 2.38. The number of hydrogen-bond acceptors (Lipinski definition) is 4. The van der Waals surface area contributed by atoms with Crippen LogP contribution in [0.4, 0.5) is 10.5 Å². The van der Waals surface area contributed by atoms with E-state index in [1.165, 1.54) is 0 Å². The molecule has 146 valence electrons. The van der Waals surface area contributed by atoms with E-state index in [0.717, 1.165) is 11.3 Å². The van der Waals surface area contributed by atoms with Gasteiger partial charge in [0, 0.05) is 49.9 Å². The Bertz CT molecular complexity index is 746. The molecule has 8 heteroatoms. The first-order valence-electron chi connectivity index (χ1n) is 9.18. The van der Waals surface area contributed by atoms with Crippen LogP contribution in [0.1, 0.15) is 18.9 Å². The highest BCUT2D eigenvalue weighted by Crippen LogP contribution is 2.32. The minimum Gasteiger partial charge on any atom is -0.450 e. The van der Waals surface area contributed by atoms with Crippen molar-refractivity contribution in [1.82, 2.24) is 9.80 Å². The first kappa shape index (κ1) is 19.5. The van der Waals surface area contributed by atoms with E-state index in [0.29, 0.717) is 44.4 Å². The zero-order valence-corrected chi connectivity index (χ0v) is 16.4. The molecule has 2 fully saturated rings. The Balaban J connectivity index is 1.61. The molecule has 0 bridgehead atoms. The molecule has 2 aliphatic rings. The molecule has 27 heavy (non-hydrogen) atoms. The topological polar surface area (TPSA) is 70.2 Å². The SMILES string of the molecule is CCOC(=O)N1CCN(C(=O)C2CC(=O)N(c3cccc(Cl)c3C)C2)CC1. The van der Waals surface area contributed by atoms with Crippen LogP contribution >= 0.6 is 11.6 Å². The lowest BCUT2D eigenvalue weighted by Crippen LogP contribution is -2.52. The summed E-state index contributed by atoms with van der Waals surface area (Å²) < 4.78 is 5.00. The van der Waals surface area contributed by atoms with Gasteiger partial charge in [-0.2, -0.15) is 0 Å². The van der Waals surface area contributed by atoms with Crippen molar-refractivity contribution in [3.63, 3.8) is 0 Å². The summed E-state index contributed by atoms with van der Waals surface area (Å²) in [4.78, 5) is 42.1. The fraction of sp³-hybridized carbons (Fsp3) is 0.526. The van der Waals surface area contributed by atoms with Crippen LogP contribution in [-0.2, 0) is 14.3 Å². The number of carbonyl (C=O) groups is 3. The van der Waals surface area contributed by atoms with Crippen LogP contribution in [0.2, 0.25) is 5.02 Å². The Kier molecular flexibility index (Phi) is 5.89. The first-order valence-corrected chi connectivity index (χ1v) is 9.56. The van der Waals surface area contributed by atoms with Gasteiger partial charge < -0.3 is 19.4 Å². The molecule has 1 atom stereocenters. The minimum atomic E-state index is -0.370. The molecule has 0 spiro atoms. The van der Waals surface area contributed by atoms with Gasteiger partial charge in [-0.3, -0.25) is 9.59 Å². The molecular formula is C19H24ClN3O4. The molecule has 1 aromatic rings. The van der Waals surface area contributed by atoms with E-state index in [9.17, 15) is 14.4 Å². The molecule has 0 N–H and O–H groups in total. The summed E-state index contributed by atoms with van der Waals surface area (Å²) >= 11 is 6.17. The summed E-state index contributed by atoms with van der Waals surface area (Å²) in [6.45, 7) is 6.14. The standard InChI is InChI=1S/C19H24ClN3O4/c1-3-27-19(26)22-9-7-21(8-10-22)18(25)14-11-17(24)23(12-14)16-6-4-5-15(20)13(16)2/h4-6,14H,3,7-12H2,1-2H3. The number of rotatable bonds is 3. The fourth-order valence-electron chi connectivity index (χ4n) is 3.58. The van der Waals surface area contributed by atoms with Gasteiger partial charge >= 0.3 is 6.09 Å². The maximum atomic E-state index is 12.9. The summed E-state index contributed by atoms with van der Waals surface area (Å²) in [5.74, 6) is -0.469. The van der Waals surface area contributed by atoms with Crippen LogP contribution in [0.15, 0.2) is 18.2 Å².